The van der Waals surface area contributed by atoms with Crippen LogP contribution in [0.5, 0.6) is 0 Å². The van der Waals surface area contributed by atoms with Crippen LogP contribution in [0.4, 0.5) is 0 Å². The summed E-state index contributed by atoms with van der Waals surface area (Å²) in [5.41, 5.74) is 1.04. The van der Waals surface area contributed by atoms with Gasteiger partial charge in [0, 0.05) is 0 Å². The highest BCUT2D eigenvalue weighted by atomic mass is 32.2. The summed E-state index contributed by atoms with van der Waals surface area (Å²) in [5.74, 6) is 0. The summed E-state index contributed by atoms with van der Waals surface area (Å²) in [7, 11) is -5.31. The van der Waals surface area contributed by atoms with Crippen molar-refractivity contribution >= 4 is 18.2 Å². The molecule has 0 saturated carbocycles. The van der Waals surface area contributed by atoms with Gasteiger partial charge in [-0.2, -0.15) is 8.42 Å². The van der Waals surface area contributed by atoms with Gasteiger partial charge >= 0.3 is 0 Å². The van der Waals surface area contributed by atoms with Crippen molar-refractivity contribution in [3.05, 3.63) is 35.8 Å². The van der Waals surface area contributed by atoms with E-state index in [1.807, 2.05) is 6.08 Å². The lowest BCUT2D eigenvalue weighted by Crippen LogP contribution is -2.41. The second-order valence-electron chi connectivity index (χ2n) is 5.61. The van der Waals surface area contributed by atoms with Crippen LogP contribution in [0.2, 0.25) is 19.6 Å². The molecule has 0 bridgehead atoms. The minimum atomic E-state index is -3.60. The molecular formula is C13H22O3SSi. The third kappa shape index (κ3) is 4.92. The molecule has 1 rings (SSSR count). The van der Waals surface area contributed by atoms with Gasteiger partial charge in [-0.25, -0.2) is 0 Å². The molecule has 18 heavy (non-hydrogen) atoms. The average Bonchev–Trinajstić information content (AvgIpc) is 2.28. The van der Waals surface area contributed by atoms with E-state index in [2.05, 4.69) is 38.4 Å². The molecule has 0 amide bonds. The van der Waals surface area contributed by atoms with E-state index in [9.17, 15) is 8.42 Å². The van der Waals surface area contributed by atoms with Gasteiger partial charge in [0.1, 0.15) is 0 Å². The first kappa shape index (κ1) is 15.4. The summed E-state index contributed by atoms with van der Waals surface area (Å²) in [4.78, 5) is 0. The lowest BCUT2D eigenvalue weighted by atomic mass is 10.0. The van der Waals surface area contributed by atoms with Gasteiger partial charge in [-0.15, -0.1) is 0 Å². The molecule has 0 aromatic carbocycles. The van der Waals surface area contributed by atoms with Crippen molar-refractivity contribution in [2.75, 3.05) is 0 Å². The highest BCUT2D eigenvalue weighted by Gasteiger charge is 2.31. The summed E-state index contributed by atoms with van der Waals surface area (Å²) in [6.45, 7) is 9.65. The van der Waals surface area contributed by atoms with Gasteiger partial charge in [0.25, 0.3) is 10.1 Å². The van der Waals surface area contributed by atoms with E-state index in [0.717, 1.165) is 18.2 Å². The molecule has 0 fully saturated rings. The van der Waals surface area contributed by atoms with E-state index in [-0.39, 0.29) is 5.73 Å². The fourth-order valence-electron chi connectivity index (χ4n) is 1.75. The Morgan fingerprint density at radius 2 is 2.17 bits per heavy atom. The van der Waals surface area contributed by atoms with Crippen LogP contribution in [0, 0.1) is 0 Å². The second-order valence-corrected chi connectivity index (χ2v) is 12.5. The van der Waals surface area contributed by atoms with E-state index >= 15 is 0 Å². The minimum Gasteiger partial charge on any atom is -0.267 e. The lowest BCUT2D eigenvalue weighted by Gasteiger charge is -2.29. The molecule has 0 radical (unpaired) electrons. The molecular weight excluding hydrogens is 264 g/mol. The van der Waals surface area contributed by atoms with Gasteiger partial charge in [-0.1, -0.05) is 50.0 Å². The summed E-state index contributed by atoms with van der Waals surface area (Å²) in [5, 5.41) is 0.884. The third-order valence-corrected chi connectivity index (χ3v) is 6.30. The van der Waals surface area contributed by atoms with Gasteiger partial charge < -0.3 is 0 Å². The maximum absolute atomic E-state index is 11.5. The van der Waals surface area contributed by atoms with Crippen LogP contribution in [0.1, 0.15) is 19.3 Å². The molecule has 0 saturated heterocycles. The minimum absolute atomic E-state index is 0.224. The number of allylic oxidation sites excluding steroid dienone is 3. The summed E-state index contributed by atoms with van der Waals surface area (Å²) in [6, 6.07) is 0. The average molecular weight is 286 g/mol. The van der Waals surface area contributed by atoms with Gasteiger partial charge in [-0.05, 0) is 19.3 Å². The van der Waals surface area contributed by atoms with Gasteiger partial charge in [0.15, 0.2) is 0 Å². The molecule has 0 aromatic heterocycles. The lowest BCUT2D eigenvalue weighted by molar-refractivity contribution is 0.277. The molecule has 102 valence electrons. The van der Waals surface area contributed by atoms with Gasteiger partial charge in [0.05, 0.1) is 19.2 Å². The van der Waals surface area contributed by atoms with Crippen LogP contribution in [-0.2, 0) is 14.3 Å². The van der Waals surface area contributed by atoms with E-state index in [1.165, 1.54) is 5.57 Å². The summed E-state index contributed by atoms with van der Waals surface area (Å²) < 4.78 is 28.4. The number of rotatable bonds is 6. The van der Waals surface area contributed by atoms with E-state index in [0.29, 0.717) is 6.42 Å². The van der Waals surface area contributed by atoms with Crippen LogP contribution in [0.25, 0.3) is 0 Å². The Kier molecular flexibility index (Phi) is 5.13. The van der Waals surface area contributed by atoms with Crippen LogP contribution >= 0.6 is 0 Å². The van der Waals surface area contributed by atoms with Crippen molar-refractivity contribution in [1.29, 1.82) is 0 Å². The molecule has 0 aromatic rings. The van der Waals surface area contributed by atoms with Crippen LogP contribution in [0.15, 0.2) is 35.8 Å². The Balaban J connectivity index is 2.83. The van der Waals surface area contributed by atoms with E-state index in [1.54, 1.807) is 0 Å². The Bertz CT molecular complexity index is 455. The zero-order chi connectivity index (χ0) is 13.8. The van der Waals surface area contributed by atoms with Crippen molar-refractivity contribution in [3.63, 3.8) is 0 Å². The first-order valence-corrected chi connectivity index (χ1v) is 11.2. The second kappa shape index (κ2) is 5.99. The summed E-state index contributed by atoms with van der Waals surface area (Å²) in [6.07, 6.45) is 8.94. The Morgan fingerprint density at radius 1 is 1.50 bits per heavy atom. The molecule has 0 aliphatic heterocycles. The van der Waals surface area contributed by atoms with Gasteiger partial charge in [-0.3, -0.25) is 4.18 Å². The number of hydrogen-bond acceptors (Lipinski definition) is 3. The largest absolute Gasteiger partial charge is 0.289 e. The quantitative estimate of drug-likeness (QED) is 0.555. The predicted octanol–water partition coefficient (Wildman–Crippen LogP) is 3.39. The smallest absolute Gasteiger partial charge is 0.267 e. The molecule has 0 spiro atoms. The predicted molar refractivity (Wildman–Crippen MR) is 78.4 cm³/mol. The molecule has 1 aliphatic carbocycles. The molecule has 1 aliphatic rings. The van der Waals surface area contributed by atoms with Crippen molar-refractivity contribution < 1.29 is 12.6 Å². The van der Waals surface area contributed by atoms with Crippen LogP contribution in [0.3, 0.4) is 0 Å². The van der Waals surface area contributed by atoms with Crippen molar-refractivity contribution in [1.82, 2.24) is 0 Å². The monoisotopic (exact) mass is 286 g/mol. The fourth-order valence-corrected chi connectivity index (χ4v) is 4.65. The van der Waals surface area contributed by atoms with Crippen molar-refractivity contribution in [3.8, 4) is 0 Å². The van der Waals surface area contributed by atoms with E-state index in [4.69, 9.17) is 4.18 Å². The Labute approximate surface area is 111 Å². The molecule has 5 heteroatoms. The third-order valence-electron chi connectivity index (χ3n) is 2.97. The SMILES string of the molecule is C=CS(=O)(=O)O[C@@H](CC1=CC=CCC1)[Si](C)(C)C. The molecule has 0 N–H and O–H groups in total. The standard InChI is InChI=1S/C13H22O3SSi/c1-5-17(14,15)16-13(18(2,3)4)11-12-9-7-6-8-10-12/h5-7,9,13H,1,8,10-11H2,2-4H3/t13-/m1/s1. The fraction of sp³-hybridized carbons (Fsp3) is 0.538. The van der Waals surface area contributed by atoms with Crippen molar-refractivity contribution in [2.24, 2.45) is 0 Å². The van der Waals surface area contributed by atoms with Gasteiger partial charge in [0.2, 0.25) is 0 Å². The maximum Gasteiger partial charge on any atom is 0.289 e. The Hall–Kier alpha value is -0.653. The zero-order valence-electron chi connectivity index (χ0n) is 11.3. The normalized spacial score (nSPS) is 18.3. The summed E-state index contributed by atoms with van der Waals surface area (Å²) >= 11 is 0. The van der Waals surface area contributed by atoms with E-state index < -0.39 is 18.2 Å². The molecule has 1 atom stereocenters. The molecule has 0 heterocycles. The first-order valence-electron chi connectivity index (χ1n) is 6.15. The van der Waals surface area contributed by atoms with Crippen LogP contribution in [-0.4, -0.2) is 22.2 Å². The van der Waals surface area contributed by atoms with Crippen molar-refractivity contribution in [2.45, 2.75) is 44.6 Å². The maximum atomic E-state index is 11.5. The molecule has 0 unspecified atom stereocenters. The Morgan fingerprint density at radius 3 is 2.61 bits per heavy atom. The highest BCUT2D eigenvalue weighted by molar-refractivity contribution is 7.89. The zero-order valence-corrected chi connectivity index (χ0v) is 13.2. The van der Waals surface area contributed by atoms with Crippen LogP contribution < -0.4 is 0 Å². The number of hydrogen-bond donors (Lipinski definition) is 0. The topological polar surface area (TPSA) is 43.4 Å². The molecule has 3 nitrogen and oxygen atoms in total. The highest BCUT2D eigenvalue weighted by Crippen LogP contribution is 2.25. The first-order chi connectivity index (χ1) is 8.24.